The number of allylic oxidation sites excluding steroid dienone is 2. The Morgan fingerprint density at radius 2 is 1.69 bits per heavy atom. The minimum absolute atomic E-state index is 0.0430. The molecule has 6 rings (SSSR count). The fourth-order valence-corrected chi connectivity index (χ4v) is 7.94. The van der Waals surface area contributed by atoms with Crippen LogP contribution in [0.25, 0.3) is 0 Å². The number of fused-ring (bicyclic) bond motifs is 4. The first-order valence-electron chi connectivity index (χ1n) is 12.8. The second kappa shape index (κ2) is 8.63. The van der Waals surface area contributed by atoms with E-state index in [2.05, 4.69) is 0 Å². The monoisotopic (exact) mass is 570 g/mol. The Labute approximate surface area is 234 Å². The number of aromatic hydroxyl groups is 1. The molecule has 2 saturated heterocycles. The number of carbonyl (C=O) groups excluding carboxylic acids is 4. The van der Waals surface area contributed by atoms with E-state index in [0.717, 1.165) is 17.0 Å². The maximum absolute atomic E-state index is 14.2. The van der Waals surface area contributed by atoms with Crippen molar-refractivity contribution in [2.24, 2.45) is 17.8 Å². The molecule has 202 valence electrons. The number of halogens is 3. The van der Waals surface area contributed by atoms with Gasteiger partial charge in [-0.25, -0.2) is 9.29 Å². The summed E-state index contributed by atoms with van der Waals surface area (Å²) in [6.07, 6.45) is 2.02. The summed E-state index contributed by atoms with van der Waals surface area (Å²) in [7, 11) is 0. The Morgan fingerprint density at radius 1 is 1.00 bits per heavy atom. The molecule has 10 heteroatoms. The van der Waals surface area contributed by atoms with E-state index in [1.807, 2.05) is 6.08 Å². The molecule has 0 unspecified atom stereocenters. The Morgan fingerprint density at radius 3 is 2.33 bits per heavy atom. The van der Waals surface area contributed by atoms with Crippen molar-refractivity contribution in [3.8, 4) is 5.75 Å². The zero-order valence-electron chi connectivity index (χ0n) is 21.2. The van der Waals surface area contributed by atoms with Gasteiger partial charge in [0, 0.05) is 12.5 Å². The SMILES string of the molecule is CCN1C(=O)[C@H]2[C@H](CC=C3[C@H]2C[C@@]2(Cl)C(=O)N(c4ccc(F)cc4)C(=O)[C@@]2(Cl)[C@H]3c2ccc(O)c(C)c2)C1=O. The van der Waals surface area contributed by atoms with E-state index >= 15 is 0 Å². The van der Waals surface area contributed by atoms with E-state index in [1.54, 1.807) is 26.0 Å². The predicted molar refractivity (Wildman–Crippen MR) is 142 cm³/mol. The molecule has 2 heterocycles. The van der Waals surface area contributed by atoms with Gasteiger partial charge >= 0.3 is 0 Å². The van der Waals surface area contributed by atoms with Crippen molar-refractivity contribution in [1.29, 1.82) is 0 Å². The zero-order valence-corrected chi connectivity index (χ0v) is 22.7. The van der Waals surface area contributed by atoms with Gasteiger partial charge in [0.15, 0.2) is 9.75 Å². The zero-order chi connectivity index (χ0) is 28.0. The Hall–Kier alpha value is -3.23. The topological polar surface area (TPSA) is 95.0 Å². The van der Waals surface area contributed by atoms with Gasteiger partial charge in [0.1, 0.15) is 11.6 Å². The van der Waals surface area contributed by atoms with Gasteiger partial charge in [0.2, 0.25) is 11.8 Å². The second-order valence-electron chi connectivity index (χ2n) is 10.7. The predicted octanol–water partition coefficient (Wildman–Crippen LogP) is 4.42. The number of aryl methyl sites for hydroxylation is 1. The first-order valence-corrected chi connectivity index (χ1v) is 13.6. The van der Waals surface area contributed by atoms with E-state index in [1.165, 1.54) is 23.1 Å². The number of nitrogens with zero attached hydrogens (tertiary/aromatic N) is 2. The quantitative estimate of drug-likeness (QED) is 0.335. The van der Waals surface area contributed by atoms with E-state index in [-0.39, 0.29) is 42.6 Å². The molecule has 4 amide bonds. The number of hydrogen-bond donors (Lipinski definition) is 1. The molecule has 6 atom stereocenters. The van der Waals surface area contributed by atoms with Crippen LogP contribution in [-0.4, -0.2) is 49.9 Å². The molecular weight excluding hydrogens is 546 g/mol. The summed E-state index contributed by atoms with van der Waals surface area (Å²) in [6, 6.07) is 9.69. The third kappa shape index (κ3) is 3.28. The molecule has 2 aromatic carbocycles. The van der Waals surface area contributed by atoms with Gasteiger partial charge < -0.3 is 5.11 Å². The molecule has 0 spiro atoms. The molecule has 0 bridgehead atoms. The third-order valence-corrected chi connectivity index (χ3v) is 10.3. The first-order chi connectivity index (χ1) is 18.5. The summed E-state index contributed by atoms with van der Waals surface area (Å²) in [5.74, 6) is -5.47. The number of phenols is 1. The van der Waals surface area contributed by atoms with Crippen molar-refractivity contribution in [3.63, 3.8) is 0 Å². The minimum Gasteiger partial charge on any atom is -0.508 e. The average Bonchev–Trinajstić information content (AvgIpc) is 3.24. The largest absolute Gasteiger partial charge is 0.508 e. The van der Waals surface area contributed by atoms with Crippen molar-refractivity contribution in [2.75, 3.05) is 11.4 Å². The van der Waals surface area contributed by atoms with Gasteiger partial charge in [0.25, 0.3) is 11.8 Å². The van der Waals surface area contributed by atoms with E-state index in [0.29, 0.717) is 16.7 Å². The number of anilines is 1. The molecular formula is C29H25Cl2FN2O5. The maximum Gasteiger partial charge on any atom is 0.258 e. The molecule has 39 heavy (non-hydrogen) atoms. The molecule has 2 aliphatic heterocycles. The van der Waals surface area contributed by atoms with Gasteiger partial charge in [-0.2, -0.15) is 0 Å². The van der Waals surface area contributed by atoms with Crippen LogP contribution in [0.15, 0.2) is 54.1 Å². The molecule has 0 aromatic heterocycles. The number of alkyl halides is 2. The Balaban J connectivity index is 1.57. The third-order valence-electron chi connectivity index (χ3n) is 8.86. The number of hydrogen-bond acceptors (Lipinski definition) is 5. The average molecular weight is 571 g/mol. The molecule has 4 aliphatic rings. The normalized spacial score (nSPS) is 33.7. The van der Waals surface area contributed by atoms with Crippen LogP contribution in [0, 0.1) is 30.5 Å². The summed E-state index contributed by atoms with van der Waals surface area (Å²) in [5.41, 5.74) is 1.88. The Bertz CT molecular complexity index is 1490. The van der Waals surface area contributed by atoms with Crippen LogP contribution in [0.5, 0.6) is 5.75 Å². The summed E-state index contributed by atoms with van der Waals surface area (Å²) >= 11 is 14.5. The second-order valence-corrected chi connectivity index (χ2v) is 12.0. The molecule has 0 radical (unpaired) electrons. The highest BCUT2D eigenvalue weighted by Crippen LogP contribution is 2.65. The van der Waals surface area contributed by atoms with Crippen molar-refractivity contribution in [2.45, 2.75) is 42.4 Å². The van der Waals surface area contributed by atoms with Crippen molar-refractivity contribution in [1.82, 2.24) is 4.90 Å². The lowest BCUT2D eigenvalue weighted by molar-refractivity contribution is -0.140. The van der Waals surface area contributed by atoms with Crippen molar-refractivity contribution >= 4 is 52.5 Å². The number of amides is 4. The highest BCUT2D eigenvalue weighted by molar-refractivity contribution is 6.58. The highest BCUT2D eigenvalue weighted by Gasteiger charge is 2.76. The molecule has 3 fully saturated rings. The first kappa shape index (κ1) is 26.0. The summed E-state index contributed by atoms with van der Waals surface area (Å²) in [5, 5.41) is 10.2. The van der Waals surface area contributed by atoms with Crippen LogP contribution in [0.4, 0.5) is 10.1 Å². The summed E-state index contributed by atoms with van der Waals surface area (Å²) in [4.78, 5) is 53.0. The van der Waals surface area contributed by atoms with E-state index in [4.69, 9.17) is 23.2 Å². The minimum atomic E-state index is -1.99. The van der Waals surface area contributed by atoms with Crippen LogP contribution >= 0.6 is 23.2 Å². The smallest absolute Gasteiger partial charge is 0.258 e. The lowest BCUT2D eigenvalue weighted by Gasteiger charge is -2.50. The van der Waals surface area contributed by atoms with Crippen LogP contribution in [-0.2, 0) is 19.2 Å². The number of imide groups is 2. The number of benzene rings is 2. The van der Waals surface area contributed by atoms with Crippen molar-refractivity contribution in [3.05, 3.63) is 71.1 Å². The molecule has 1 N–H and O–H groups in total. The number of carbonyl (C=O) groups is 4. The highest BCUT2D eigenvalue weighted by atomic mass is 35.5. The van der Waals surface area contributed by atoms with Crippen LogP contribution in [0.3, 0.4) is 0 Å². The van der Waals surface area contributed by atoms with Crippen LogP contribution in [0.1, 0.15) is 36.8 Å². The molecule has 1 saturated carbocycles. The van der Waals surface area contributed by atoms with Crippen LogP contribution < -0.4 is 4.90 Å². The molecule has 2 aliphatic carbocycles. The standard InChI is InChI=1S/C29H25Cl2FN2O5/c1-3-33-24(36)19-10-9-18-20(22(19)25(33)37)13-28(30)26(38)34(17-7-5-16(32)6-8-17)27(39)29(28,31)23(18)15-4-11-21(35)14(2)12-15/h4-9,11-12,19-20,22-23,35H,3,10,13H2,1-2H3/t19-,20+,22-,23-,28+,29-/m0/s1. The fraction of sp³-hybridized carbons (Fsp3) is 0.379. The number of likely N-dealkylation sites (tertiary alicyclic amines) is 1. The van der Waals surface area contributed by atoms with Crippen LogP contribution in [0.2, 0.25) is 0 Å². The molecule has 7 nitrogen and oxygen atoms in total. The molecule has 2 aromatic rings. The maximum atomic E-state index is 14.2. The lowest BCUT2D eigenvalue weighted by Crippen LogP contribution is -2.60. The number of rotatable bonds is 3. The van der Waals surface area contributed by atoms with Gasteiger partial charge in [-0.1, -0.05) is 23.8 Å². The van der Waals surface area contributed by atoms with Gasteiger partial charge in [-0.3, -0.25) is 24.1 Å². The summed E-state index contributed by atoms with van der Waals surface area (Å²) < 4.78 is 13.7. The van der Waals surface area contributed by atoms with E-state index in [9.17, 15) is 28.7 Å². The van der Waals surface area contributed by atoms with Crippen molar-refractivity contribution < 1.29 is 28.7 Å². The summed E-state index contributed by atoms with van der Waals surface area (Å²) in [6.45, 7) is 3.66. The lowest BCUT2D eigenvalue weighted by atomic mass is 9.56. The van der Waals surface area contributed by atoms with Gasteiger partial charge in [-0.15, -0.1) is 23.2 Å². The fourth-order valence-electron chi connectivity index (χ4n) is 7.01. The number of phenolic OH excluding ortho intramolecular Hbond substituents is 1. The Kier molecular flexibility index (Phi) is 5.76. The van der Waals surface area contributed by atoms with Gasteiger partial charge in [-0.05, 0) is 74.1 Å². The van der Waals surface area contributed by atoms with E-state index < -0.39 is 51.1 Å². The van der Waals surface area contributed by atoms with Gasteiger partial charge in [0.05, 0.1) is 17.5 Å².